The molecule has 28 heavy (non-hydrogen) atoms. The van der Waals surface area contributed by atoms with Crippen molar-refractivity contribution in [2.45, 2.75) is 18.4 Å². The van der Waals surface area contributed by atoms with Crippen molar-refractivity contribution in [2.75, 3.05) is 13.3 Å². The van der Waals surface area contributed by atoms with Crippen molar-refractivity contribution >= 4 is 29.2 Å². The van der Waals surface area contributed by atoms with Gasteiger partial charge in [0.25, 0.3) is 0 Å². The Morgan fingerprint density at radius 2 is 1.86 bits per heavy atom. The maximum absolute atomic E-state index is 12.8. The van der Waals surface area contributed by atoms with Crippen LogP contribution in [0.25, 0.3) is 10.7 Å². The van der Waals surface area contributed by atoms with Gasteiger partial charge in [0.2, 0.25) is 6.20 Å². The van der Waals surface area contributed by atoms with Crippen LogP contribution in [0.1, 0.15) is 5.56 Å². The smallest absolute Gasteiger partial charge is 0.311 e. The van der Waals surface area contributed by atoms with Gasteiger partial charge in [0.15, 0.2) is 17.2 Å². The summed E-state index contributed by atoms with van der Waals surface area (Å²) in [6.07, 6.45) is 4.76. The molecular weight excluding hydrogens is 423 g/mol. The Kier molecular flexibility index (Phi) is 6.31. The predicted octanol–water partition coefficient (Wildman–Crippen LogP) is 2.44. The van der Waals surface area contributed by atoms with Gasteiger partial charge in [0.1, 0.15) is 6.16 Å². The van der Waals surface area contributed by atoms with E-state index in [4.69, 9.17) is 8.49 Å². The summed E-state index contributed by atoms with van der Waals surface area (Å²) >= 11 is 1.17. The molecule has 0 saturated heterocycles. The third kappa shape index (κ3) is 5.06. The Balaban J connectivity index is 1.70. The monoisotopic (exact) mass is 441 g/mol. The standard InChI is InChI=1S/C16H18N4O5PS2/c1-13-4-6-14(7-5-13)28(22,23)25-26(21,24-2)11-10-20-12-15(27-19-20)16-17-8-3-9-18-16/h3-9,12H,10-11H2,1-2H3/q+1. The normalized spacial score (nSPS) is 13.9. The molecule has 0 aliphatic heterocycles. The van der Waals surface area contributed by atoms with Crippen LogP contribution in [-0.4, -0.2) is 36.1 Å². The Hall–Kier alpha value is -2.04. The van der Waals surface area contributed by atoms with Crippen LogP contribution in [0.5, 0.6) is 0 Å². The third-order valence-electron chi connectivity index (χ3n) is 3.70. The minimum atomic E-state index is -4.22. The van der Waals surface area contributed by atoms with Gasteiger partial charge in [-0.05, 0) is 25.1 Å². The van der Waals surface area contributed by atoms with Gasteiger partial charge in [0, 0.05) is 31.0 Å². The maximum atomic E-state index is 12.8. The van der Waals surface area contributed by atoms with Crippen LogP contribution in [-0.2, 0) is 29.7 Å². The van der Waals surface area contributed by atoms with E-state index in [1.807, 2.05) is 6.92 Å². The van der Waals surface area contributed by atoms with E-state index in [-0.39, 0.29) is 17.6 Å². The number of rotatable bonds is 8. The second-order valence-electron chi connectivity index (χ2n) is 5.76. The number of aromatic nitrogens is 4. The minimum absolute atomic E-state index is 0.0831. The first-order chi connectivity index (χ1) is 13.3. The molecule has 0 spiro atoms. The minimum Gasteiger partial charge on any atom is -0.311 e. The van der Waals surface area contributed by atoms with Gasteiger partial charge in [0.05, 0.1) is 9.38 Å². The van der Waals surface area contributed by atoms with E-state index < -0.39 is 17.7 Å². The Morgan fingerprint density at radius 1 is 1.18 bits per heavy atom. The number of hydrogen-bond acceptors (Lipinski definition) is 9. The van der Waals surface area contributed by atoms with Crippen molar-refractivity contribution in [3.05, 3.63) is 54.5 Å². The molecule has 9 nitrogen and oxygen atoms in total. The van der Waals surface area contributed by atoms with Crippen molar-refractivity contribution < 1.29 is 26.2 Å². The fourth-order valence-electron chi connectivity index (χ4n) is 2.19. The Bertz CT molecular complexity index is 1090. The quantitative estimate of drug-likeness (QED) is 0.387. The molecule has 2 heterocycles. The van der Waals surface area contributed by atoms with E-state index in [1.165, 1.54) is 28.3 Å². The third-order valence-corrected chi connectivity index (χ3v) is 8.32. The van der Waals surface area contributed by atoms with E-state index in [0.717, 1.165) is 17.6 Å². The van der Waals surface area contributed by atoms with E-state index in [0.29, 0.717) is 5.82 Å². The molecule has 1 unspecified atom stereocenters. The first-order valence-corrected chi connectivity index (χ1v) is 12.0. The van der Waals surface area contributed by atoms with Gasteiger partial charge in [-0.3, -0.25) is 4.57 Å². The molecule has 3 aromatic rings. The van der Waals surface area contributed by atoms with Gasteiger partial charge >= 0.3 is 17.7 Å². The average molecular weight is 441 g/mol. The average Bonchev–Trinajstić information content (AvgIpc) is 3.16. The molecule has 1 atom stereocenters. The molecule has 148 valence electrons. The molecule has 0 N–H and O–H groups in total. The topological polar surface area (TPSA) is 112 Å². The van der Waals surface area contributed by atoms with Crippen molar-refractivity contribution in [2.24, 2.45) is 0 Å². The summed E-state index contributed by atoms with van der Waals surface area (Å²) in [5.41, 5.74) is 0.895. The van der Waals surface area contributed by atoms with Gasteiger partial charge in [-0.2, -0.15) is 12.4 Å². The van der Waals surface area contributed by atoms with Crippen LogP contribution in [0.4, 0.5) is 0 Å². The number of hydrogen-bond donors (Lipinski definition) is 0. The highest BCUT2D eigenvalue weighted by Gasteiger charge is 2.34. The molecule has 0 radical (unpaired) electrons. The number of aryl methyl sites for hydroxylation is 2. The lowest BCUT2D eigenvalue weighted by molar-refractivity contribution is -0.742. The summed E-state index contributed by atoms with van der Waals surface area (Å²) in [4.78, 5) is 8.92. The lowest BCUT2D eigenvalue weighted by atomic mass is 10.2. The summed E-state index contributed by atoms with van der Waals surface area (Å²) < 4.78 is 53.2. The molecule has 0 bridgehead atoms. The van der Waals surface area contributed by atoms with Gasteiger partial charge < -0.3 is 4.52 Å². The van der Waals surface area contributed by atoms with Gasteiger partial charge in [-0.25, -0.2) is 9.97 Å². The zero-order valence-electron chi connectivity index (χ0n) is 15.1. The largest absolute Gasteiger partial charge is 0.351 e. The van der Waals surface area contributed by atoms with Crippen molar-refractivity contribution in [3.8, 4) is 10.7 Å². The first kappa shape index (κ1) is 20.7. The molecule has 0 aliphatic rings. The van der Waals surface area contributed by atoms with Crippen molar-refractivity contribution in [3.63, 3.8) is 0 Å². The molecule has 3 rings (SSSR count). The molecule has 0 saturated carbocycles. The highest BCUT2D eigenvalue weighted by Crippen LogP contribution is 2.49. The highest BCUT2D eigenvalue weighted by atomic mass is 32.2. The lowest BCUT2D eigenvalue weighted by Crippen LogP contribution is -2.36. The van der Waals surface area contributed by atoms with Gasteiger partial charge in [-0.15, -0.1) is 0 Å². The fourth-order valence-corrected chi connectivity index (χ4v) is 6.05. The molecule has 2 aromatic heterocycles. The van der Waals surface area contributed by atoms with Crippen LogP contribution in [0.3, 0.4) is 0 Å². The van der Waals surface area contributed by atoms with Crippen molar-refractivity contribution in [1.82, 2.24) is 14.5 Å². The summed E-state index contributed by atoms with van der Waals surface area (Å²) in [5, 5.41) is 0. The zero-order chi connectivity index (χ0) is 20.2. The SMILES string of the molecule is COP(=O)(CC[n+]1cc(-c2ncccn2)sn1)OS(=O)(=O)c1ccc(C)cc1. The molecule has 0 aliphatic carbocycles. The van der Waals surface area contributed by atoms with E-state index >= 15 is 0 Å². The van der Waals surface area contributed by atoms with Crippen LogP contribution in [0.15, 0.2) is 53.8 Å². The van der Waals surface area contributed by atoms with Crippen molar-refractivity contribution in [1.29, 1.82) is 0 Å². The van der Waals surface area contributed by atoms with E-state index in [2.05, 4.69) is 14.5 Å². The molecule has 0 amide bonds. The maximum Gasteiger partial charge on any atom is 0.351 e. The highest BCUT2D eigenvalue weighted by molar-refractivity contribution is 7.91. The van der Waals surface area contributed by atoms with Crippen LogP contribution >= 0.6 is 19.1 Å². The number of nitrogens with zero attached hydrogens (tertiary/aromatic N) is 4. The first-order valence-electron chi connectivity index (χ1n) is 8.13. The molecular formula is C16H18N4O5PS2+. The number of benzene rings is 1. The van der Waals surface area contributed by atoms with Crippen LogP contribution < -0.4 is 4.68 Å². The summed E-state index contributed by atoms with van der Waals surface area (Å²) in [5.74, 6) is 0.520. The fraction of sp³-hybridized carbons (Fsp3) is 0.250. The molecule has 12 heteroatoms. The molecule has 1 aromatic carbocycles. The van der Waals surface area contributed by atoms with E-state index in [9.17, 15) is 13.0 Å². The predicted molar refractivity (Wildman–Crippen MR) is 102 cm³/mol. The Morgan fingerprint density at radius 3 is 2.50 bits per heavy atom. The van der Waals surface area contributed by atoms with Crippen LogP contribution in [0.2, 0.25) is 0 Å². The van der Waals surface area contributed by atoms with Crippen LogP contribution in [0, 0.1) is 6.92 Å². The zero-order valence-corrected chi connectivity index (χ0v) is 17.7. The second kappa shape index (κ2) is 8.54. The second-order valence-corrected chi connectivity index (χ2v) is 10.6. The Labute approximate surface area is 166 Å². The van der Waals surface area contributed by atoms with Gasteiger partial charge in [-0.1, -0.05) is 22.4 Å². The summed E-state index contributed by atoms with van der Waals surface area (Å²) in [7, 11) is -6.97. The lowest BCUT2D eigenvalue weighted by Gasteiger charge is -2.14. The molecule has 0 fully saturated rings. The van der Waals surface area contributed by atoms with E-state index in [1.54, 1.807) is 36.8 Å². The summed E-state index contributed by atoms with van der Waals surface area (Å²) in [6, 6.07) is 7.76. The summed E-state index contributed by atoms with van der Waals surface area (Å²) in [6.45, 7) is 1.97.